The molecule has 1 aliphatic heterocycles. The fourth-order valence-electron chi connectivity index (χ4n) is 4.66. The van der Waals surface area contributed by atoms with Crippen molar-refractivity contribution in [1.82, 2.24) is 14.0 Å². The first kappa shape index (κ1) is 25.3. The number of piperidine rings is 1. The highest BCUT2D eigenvalue weighted by molar-refractivity contribution is 5.70. The molecule has 1 saturated carbocycles. The standard InChI is InChI=1S/C24H39N3O6/c1-24(2,3)33-23(30)26-13-10-18(11-14-26)9-12-25-15-16-27(22(25)29)19-5-7-20(8-6-19)32-17-21(28)31-4/h15-16,18-20H,5-14,17H2,1-4H3. The Morgan fingerprint density at radius 2 is 1.70 bits per heavy atom. The summed E-state index contributed by atoms with van der Waals surface area (Å²) in [6, 6.07) is 0.175. The van der Waals surface area contributed by atoms with Crippen LogP contribution in [0.3, 0.4) is 0 Å². The highest BCUT2D eigenvalue weighted by Crippen LogP contribution is 2.29. The van der Waals surface area contributed by atoms with Crippen molar-refractivity contribution < 1.29 is 23.8 Å². The summed E-state index contributed by atoms with van der Waals surface area (Å²) in [6.07, 6.45) is 9.77. The van der Waals surface area contributed by atoms with Crippen LogP contribution >= 0.6 is 0 Å². The Balaban J connectivity index is 1.42. The molecule has 0 atom stereocenters. The predicted molar refractivity (Wildman–Crippen MR) is 123 cm³/mol. The summed E-state index contributed by atoms with van der Waals surface area (Å²) in [5.74, 6) is 0.141. The molecule has 1 aliphatic carbocycles. The highest BCUT2D eigenvalue weighted by Gasteiger charge is 2.28. The van der Waals surface area contributed by atoms with Crippen LogP contribution in [0.25, 0.3) is 0 Å². The van der Waals surface area contributed by atoms with Gasteiger partial charge in [0.15, 0.2) is 0 Å². The van der Waals surface area contributed by atoms with Crippen LogP contribution in [0, 0.1) is 5.92 Å². The SMILES string of the molecule is COC(=O)COC1CCC(n2ccn(CCC3CCN(C(=O)OC(C)(C)C)CC3)c2=O)CC1. The molecule has 1 aromatic rings. The lowest BCUT2D eigenvalue weighted by Crippen LogP contribution is -2.42. The van der Waals surface area contributed by atoms with Crippen molar-refractivity contribution in [2.45, 2.75) is 90.0 Å². The maximum absolute atomic E-state index is 12.9. The zero-order valence-corrected chi connectivity index (χ0v) is 20.5. The van der Waals surface area contributed by atoms with E-state index >= 15 is 0 Å². The third kappa shape index (κ3) is 7.35. The van der Waals surface area contributed by atoms with Gasteiger partial charge < -0.3 is 19.1 Å². The Morgan fingerprint density at radius 3 is 2.30 bits per heavy atom. The van der Waals surface area contributed by atoms with Crippen LogP contribution in [0.5, 0.6) is 0 Å². The fraction of sp³-hybridized carbons (Fsp3) is 0.792. The largest absolute Gasteiger partial charge is 0.467 e. The number of ether oxygens (including phenoxy) is 3. The normalized spacial score (nSPS) is 22.2. The van der Waals surface area contributed by atoms with Gasteiger partial charge in [-0.3, -0.25) is 9.13 Å². The molecule has 0 bridgehead atoms. The second-order valence-electron chi connectivity index (χ2n) is 10.2. The molecular formula is C24H39N3O6. The van der Waals surface area contributed by atoms with Gasteiger partial charge in [0.2, 0.25) is 0 Å². The van der Waals surface area contributed by atoms with E-state index in [9.17, 15) is 14.4 Å². The fourth-order valence-corrected chi connectivity index (χ4v) is 4.66. The topological polar surface area (TPSA) is 92.0 Å². The number of rotatable bonds is 7. The number of nitrogens with zero attached hydrogens (tertiary/aromatic N) is 3. The number of carbonyl (C=O) groups excluding carboxylic acids is 2. The maximum atomic E-state index is 12.9. The number of amides is 1. The van der Waals surface area contributed by atoms with E-state index in [0.717, 1.165) is 44.9 Å². The van der Waals surface area contributed by atoms with Gasteiger partial charge in [-0.05, 0) is 71.6 Å². The average molecular weight is 466 g/mol. The van der Waals surface area contributed by atoms with E-state index in [1.807, 2.05) is 37.7 Å². The zero-order chi connectivity index (χ0) is 24.0. The Labute approximate surface area is 196 Å². The summed E-state index contributed by atoms with van der Waals surface area (Å²) in [7, 11) is 1.35. The number of aryl methyl sites for hydroxylation is 1. The number of likely N-dealkylation sites (tertiary alicyclic amines) is 1. The third-order valence-corrected chi connectivity index (χ3v) is 6.62. The van der Waals surface area contributed by atoms with E-state index in [0.29, 0.717) is 25.6 Å². The Morgan fingerprint density at radius 1 is 1.03 bits per heavy atom. The number of carbonyl (C=O) groups is 2. The van der Waals surface area contributed by atoms with Crippen molar-refractivity contribution in [1.29, 1.82) is 0 Å². The predicted octanol–water partition coefficient (Wildman–Crippen LogP) is 3.36. The first-order chi connectivity index (χ1) is 15.7. The minimum Gasteiger partial charge on any atom is -0.467 e. The molecule has 1 amide bonds. The van der Waals surface area contributed by atoms with Crippen molar-refractivity contribution in [2.75, 3.05) is 26.8 Å². The van der Waals surface area contributed by atoms with Gasteiger partial charge in [0, 0.05) is 38.1 Å². The minimum absolute atomic E-state index is 0.0150. The molecule has 2 heterocycles. The van der Waals surface area contributed by atoms with Gasteiger partial charge in [-0.15, -0.1) is 0 Å². The molecular weight excluding hydrogens is 426 g/mol. The Hall–Kier alpha value is -2.29. The minimum atomic E-state index is -0.475. The van der Waals surface area contributed by atoms with E-state index in [-0.39, 0.29) is 36.5 Å². The van der Waals surface area contributed by atoms with Crippen LogP contribution in [0.15, 0.2) is 17.2 Å². The molecule has 0 aromatic carbocycles. The molecule has 9 nitrogen and oxygen atoms in total. The summed E-state index contributed by atoms with van der Waals surface area (Å²) in [5, 5.41) is 0. The van der Waals surface area contributed by atoms with Crippen LogP contribution in [0.4, 0.5) is 4.79 Å². The third-order valence-electron chi connectivity index (χ3n) is 6.62. The van der Waals surface area contributed by atoms with Gasteiger partial charge in [-0.2, -0.15) is 0 Å². The van der Waals surface area contributed by atoms with Gasteiger partial charge in [0.1, 0.15) is 12.2 Å². The second kappa shape index (κ2) is 11.2. The number of aromatic nitrogens is 2. The lowest BCUT2D eigenvalue weighted by atomic mass is 9.93. The zero-order valence-electron chi connectivity index (χ0n) is 20.5. The van der Waals surface area contributed by atoms with Crippen molar-refractivity contribution >= 4 is 12.1 Å². The molecule has 33 heavy (non-hydrogen) atoms. The Kier molecular flexibility index (Phi) is 8.62. The molecule has 1 aromatic heterocycles. The highest BCUT2D eigenvalue weighted by atomic mass is 16.6. The number of methoxy groups -OCH3 is 1. The number of imidazole rings is 1. The van der Waals surface area contributed by atoms with Gasteiger partial charge in [0.05, 0.1) is 13.2 Å². The number of hydrogen-bond acceptors (Lipinski definition) is 6. The molecule has 0 spiro atoms. The van der Waals surface area contributed by atoms with E-state index in [1.54, 1.807) is 9.47 Å². The molecule has 9 heteroatoms. The first-order valence-corrected chi connectivity index (χ1v) is 12.1. The lowest BCUT2D eigenvalue weighted by molar-refractivity contribution is -0.148. The first-order valence-electron chi connectivity index (χ1n) is 12.1. The van der Waals surface area contributed by atoms with Crippen LogP contribution in [-0.2, 0) is 25.5 Å². The summed E-state index contributed by atoms with van der Waals surface area (Å²) < 4.78 is 19.3. The van der Waals surface area contributed by atoms with Gasteiger partial charge in [-0.25, -0.2) is 14.4 Å². The van der Waals surface area contributed by atoms with Crippen molar-refractivity contribution in [3.05, 3.63) is 22.9 Å². The van der Waals surface area contributed by atoms with Crippen LogP contribution in [0.2, 0.25) is 0 Å². The van der Waals surface area contributed by atoms with E-state index in [2.05, 4.69) is 4.74 Å². The summed E-state index contributed by atoms with van der Waals surface area (Å²) in [4.78, 5) is 38.2. The van der Waals surface area contributed by atoms with E-state index in [4.69, 9.17) is 9.47 Å². The lowest BCUT2D eigenvalue weighted by Gasteiger charge is -2.33. The maximum Gasteiger partial charge on any atom is 0.410 e. The van der Waals surface area contributed by atoms with Crippen LogP contribution in [-0.4, -0.2) is 64.6 Å². The molecule has 1 saturated heterocycles. The van der Waals surface area contributed by atoms with E-state index < -0.39 is 5.60 Å². The molecule has 186 valence electrons. The van der Waals surface area contributed by atoms with E-state index in [1.165, 1.54) is 7.11 Å². The number of esters is 1. The molecule has 0 radical (unpaired) electrons. The summed E-state index contributed by atoms with van der Waals surface area (Å²) >= 11 is 0. The molecule has 2 aliphatic rings. The quantitative estimate of drug-likeness (QED) is 0.574. The molecule has 3 rings (SSSR count). The van der Waals surface area contributed by atoms with Crippen molar-refractivity contribution in [3.63, 3.8) is 0 Å². The molecule has 2 fully saturated rings. The monoisotopic (exact) mass is 465 g/mol. The van der Waals surface area contributed by atoms with Crippen LogP contribution < -0.4 is 5.69 Å². The van der Waals surface area contributed by atoms with Gasteiger partial charge in [-0.1, -0.05) is 0 Å². The van der Waals surface area contributed by atoms with Gasteiger partial charge >= 0.3 is 17.8 Å². The van der Waals surface area contributed by atoms with Crippen LogP contribution in [0.1, 0.15) is 71.8 Å². The summed E-state index contributed by atoms with van der Waals surface area (Å²) in [6.45, 7) is 7.73. The number of hydrogen-bond donors (Lipinski definition) is 0. The van der Waals surface area contributed by atoms with Gasteiger partial charge in [0.25, 0.3) is 0 Å². The van der Waals surface area contributed by atoms with Crippen molar-refractivity contribution in [3.8, 4) is 0 Å². The second-order valence-corrected chi connectivity index (χ2v) is 10.2. The average Bonchev–Trinajstić information content (AvgIpc) is 3.15. The molecule has 0 N–H and O–H groups in total. The smallest absolute Gasteiger partial charge is 0.410 e. The Bertz CT molecular complexity index is 839. The summed E-state index contributed by atoms with van der Waals surface area (Å²) in [5.41, 5.74) is -0.433. The van der Waals surface area contributed by atoms with Crippen molar-refractivity contribution in [2.24, 2.45) is 5.92 Å². The molecule has 0 unspecified atom stereocenters.